The average Bonchev–Trinajstić information content (AvgIpc) is 2.12. The van der Waals surface area contributed by atoms with Crippen molar-refractivity contribution in [2.75, 3.05) is 0 Å². The van der Waals surface area contributed by atoms with E-state index in [0.29, 0.717) is 5.56 Å². The lowest BCUT2D eigenvalue weighted by molar-refractivity contribution is 0.217. The van der Waals surface area contributed by atoms with E-state index in [9.17, 15) is 13.9 Å². The summed E-state index contributed by atoms with van der Waals surface area (Å²) in [4.78, 5) is 0. The van der Waals surface area contributed by atoms with Gasteiger partial charge in [0.05, 0.1) is 5.56 Å². The van der Waals surface area contributed by atoms with Gasteiger partial charge in [-0.05, 0) is 18.6 Å². The molecule has 0 aliphatic carbocycles. The van der Waals surface area contributed by atoms with Crippen molar-refractivity contribution in [3.8, 4) is 0 Å². The van der Waals surface area contributed by atoms with Gasteiger partial charge in [0.25, 0.3) is 0 Å². The molecular weight excluding hydrogens is 174 g/mol. The SMILES string of the molecule is C=CC(O)c1c(F)ccc(C)c1F. The Morgan fingerprint density at radius 3 is 2.62 bits per heavy atom. The van der Waals surface area contributed by atoms with E-state index < -0.39 is 17.7 Å². The fraction of sp³-hybridized carbons (Fsp3) is 0.200. The molecule has 0 aliphatic rings. The van der Waals surface area contributed by atoms with Crippen molar-refractivity contribution in [1.29, 1.82) is 0 Å². The molecule has 0 bridgehead atoms. The molecule has 1 nitrogen and oxygen atoms in total. The van der Waals surface area contributed by atoms with Gasteiger partial charge in [0.15, 0.2) is 0 Å². The molecular formula is C10H10F2O. The van der Waals surface area contributed by atoms with Crippen molar-refractivity contribution in [3.63, 3.8) is 0 Å². The van der Waals surface area contributed by atoms with Crippen LogP contribution in [0.2, 0.25) is 0 Å². The number of benzene rings is 1. The van der Waals surface area contributed by atoms with Gasteiger partial charge in [0, 0.05) is 0 Å². The van der Waals surface area contributed by atoms with E-state index in [1.807, 2.05) is 0 Å². The molecule has 1 N–H and O–H groups in total. The van der Waals surface area contributed by atoms with Crippen molar-refractivity contribution in [3.05, 3.63) is 47.5 Å². The highest BCUT2D eigenvalue weighted by molar-refractivity contribution is 5.29. The van der Waals surface area contributed by atoms with Crippen LogP contribution in [0.4, 0.5) is 8.78 Å². The lowest BCUT2D eigenvalue weighted by Gasteiger charge is -2.09. The second kappa shape index (κ2) is 3.66. The standard InChI is InChI=1S/C10H10F2O/c1-3-8(13)9-7(11)5-4-6(2)10(9)12/h3-5,8,13H,1H2,2H3. The van der Waals surface area contributed by atoms with Crippen molar-refractivity contribution in [2.45, 2.75) is 13.0 Å². The molecule has 0 aliphatic heterocycles. The van der Waals surface area contributed by atoms with Gasteiger partial charge in [0.2, 0.25) is 0 Å². The van der Waals surface area contributed by atoms with Crippen molar-refractivity contribution >= 4 is 0 Å². The zero-order chi connectivity index (χ0) is 10.0. The molecule has 70 valence electrons. The largest absolute Gasteiger partial charge is 0.384 e. The highest BCUT2D eigenvalue weighted by atomic mass is 19.1. The number of halogens is 2. The minimum atomic E-state index is -1.29. The molecule has 0 aromatic heterocycles. The Balaban J connectivity index is 3.32. The molecule has 0 fully saturated rings. The smallest absolute Gasteiger partial charge is 0.135 e. The van der Waals surface area contributed by atoms with Crippen LogP contribution in [-0.4, -0.2) is 5.11 Å². The third kappa shape index (κ3) is 1.75. The predicted octanol–water partition coefficient (Wildman–Crippen LogP) is 2.49. The van der Waals surface area contributed by atoms with Crippen molar-refractivity contribution < 1.29 is 13.9 Å². The van der Waals surface area contributed by atoms with Crippen LogP contribution in [0, 0.1) is 18.6 Å². The third-order valence-corrected chi connectivity index (χ3v) is 1.84. The van der Waals surface area contributed by atoms with Crippen LogP contribution in [0.25, 0.3) is 0 Å². The zero-order valence-electron chi connectivity index (χ0n) is 7.22. The van der Waals surface area contributed by atoms with Crippen LogP contribution < -0.4 is 0 Å². The second-order valence-electron chi connectivity index (χ2n) is 2.77. The van der Waals surface area contributed by atoms with E-state index in [1.54, 1.807) is 0 Å². The first-order valence-corrected chi connectivity index (χ1v) is 3.83. The van der Waals surface area contributed by atoms with Crippen LogP contribution in [0.1, 0.15) is 17.2 Å². The summed E-state index contributed by atoms with van der Waals surface area (Å²) < 4.78 is 26.3. The Bertz CT molecular complexity index is 334. The zero-order valence-corrected chi connectivity index (χ0v) is 7.22. The van der Waals surface area contributed by atoms with Gasteiger partial charge in [-0.3, -0.25) is 0 Å². The summed E-state index contributed by atoms with van der Waals surface area (Å²) in [6, 6.07) is 2.45. The minimum absolute atomic E-state index is 0.303. The minimum Gasteiger partial charge on any atom is -0.384 e. The molecule has 1 unspecified atom stereocenters. The molecule has 1 atom stereocenters. The van der Waals surface area contributed by atoms with Gasteiger partial charge in [0.1, 0.15) is 17.7 Å². The van der Waals surface area contributed by atoms with Gasteiger partial charge in [-0.1, -0.05) is 12.1 Å². The molecule has 1 rings (SSSR count). The van der Waals surface area contributed by atoms with Gasteiger partial charge >= 0.3 is 0 Å². The maximum Gasteiger partial charge on any atom is 0.135 e. The first-order valence-electron chi connectivity index (χ1n) is 3.83. The summed E-state index contributed by atoms with van der Waals surface area (Å²) in [5, 5.41) is 9.22. The summed E-state index contributed by atoms with van der Waals surface area (Å²) in [6.07, 6.45) is -0.208. The topological polar surface area (TPSA) is 20.2 Å². The van der Waals surface area contributed by atoms with E-state index in [2.05, 4.69) is 6.58 Å². The molecule has 0 saturated carbocycles. The summed E-state index contributed by atoms with van der Waals surface area (Å²) >= 11 is 0. The highest BCUT2D eigenvalue weighted by Crippen LogP contribution is 2.23. The molecule has 0 amide bonds. The first kappa shape index (κ1) is 9.86. The van der Waals surface area contributed by atoms with Crippen LogP contribution in [-0.2, 0) is 0 Å². The fourth-order valence-electron chi connectivity index (χ4n) is 1.07. The molecule has 3 heteroatoms. The maximum atomic E-state index is 13.3. The molecule has 13 heavy (non-hydrogen) atoms. The van der Waals surface area contributed by atoms with Crippen LogP contribution in [0.5, 0.6) is 0 Å². The summed E-state index contributed by atoms with van der Waals surface area (Å²) in [6.45, 7) is 4.77. The van der Waals surface area contributed by atoms with E-state index in [0.717, 1.165) is 12.1 Å². The fourth-order valence-corrected chi connectivity index (χ4v) is 1.07. The van der Waals surface area contributed by atoms with E-state index in [-0.39, 0.29) is 5.56 Å². The number of aliphatic hydroxyl groups excluding tert-OH is 1. The lowest BCUT2D eigenvalue weighted by Crippen LogP contribution is -2.02. The van der Waals surface area contributed by atoms with Crippen LogP contribution in [0.15, 0.2) is 24.8 Å². The summed E-state index contributed by atoms with van der Waals surface area (Å²) in [5.74, 6) is -1.47. The van der Waals surface area contributed by atoms with Gasteiger partial charge in [-0.15, -0.1) is 6.58 Å². The summed E-state index contributed by atoms with van der Waals surface area (Å²) in [5.41, 5.74) is -0.0349. The molecule has 1 aromatic carbocycles. The maximum absolute atomic E-state index is 13.3. The number of aryl methyl sites for hydroxylation is 1. The number of aliphatic hydroxyl groups is 1. The Labute approximate surface area is 75.3 Å². The van der Waals surface area contributed by atoms with E-state index in [1.165, 1.54) is 13.0 Å². The number of hydrogen-bond acceptors (Lipinski definition) is 1. The van der Waals surface area contributed by atoms with Crippen LogP contribution >= 0.6 is 0 Å². The van der Waals surface area contributed by atoms with Gasteiger partial charge < -0.3 is 5.11 Å². The molecule has 0 spiro atoms. The van der Waals surface area contributed by atoms with E-state index in [4.69, 9.17) is 0 Å². The van der Waals surface area contributed by atoms with Crippen LogP contribution in [0.3, 0.4) is 0 Å². The van der Waals surface area contributed by atoms with Gasteiger partial charge in [-0.25, -0.2) is 8.78 Å². The number of rotatable bonds is 2. The average molecular weight is 184 g/mol. The predicted molar refractivity (Wildman–Crippen MR) is 46.3 cm³/mol. The Morgan fingerprint density at radius 2 is 2.08 bits per heavy atom. The Kier molecular flexibility index (Phi) is 2.78. The number of hydrogen-bond donors (Lipinski definition) is 1. The second-order valence-corrected chi connectivity index (χ2v) is 2.77. The first-order chi connectivity index (χ1) is 6.07. The quantitative estimate of drug-likeness (QED) is 0.700. The monoisotopic (exact) mass is 184 g/mol. The molecule has 0 heterocycles. The highest BCUT2D eigenvalue weighted by Gasteiger charge is 2.16. The molecule has 1 aromatic rings. The normalized spacial score (nSPS) is 12.6. The molecule has 0 radical (unpaired) electrons. The van der Waals surface area contributed by atoms with Gasteiger partial charge in [-0.2, -0.15) is 0 Å². The third-order valence-electron chi connectivity index (χ3n) is 1.84. The lowest BCUT2D eigenvalue weighted by atomic mass is 10.0. The Morgan fingerprint density at radius 1 is 1.46 bits per heavy atom. The Hall–Kier alpha value is -1.22. The van der Waals surface area contributed by atoms with E-state index >= 15 is 0 Å². The summed E-state index contributed by atoms with van der Waals surface area (Å²) in [7, 11) is 0. The molecule has 0 saturated heterocycles. The van der Waals surface area contributed by atoms with Crippen molar-refractivity contribution in [1.82, 2.24) is 0 Å². The van der Waals surface area contributed by atoms with Crippen molar-refractivity contribution in [2.24, 2.45) is 0 Å².